The molecule has 5 rings (SSSR count). The van der Waals surface area contributed by atoms with Gasteiger partial charge in [0.05, 0.1) is 21.6 Å². The van der Waals surface area contributed by atoms with E-state index in [1.54, 1.807) is 36.4 Å². The van der Waals surface area contributed by atoms with Crippen LogP contribution in [0.4, 0.5) is 5.82 Å². The minimum absolute atomic E-state index is 0.115. The Kier molecular flexibility index (Phi) is 3.67. The monoisotopic (exact) mass is 388 g/mol. The third-order valence-corrected chi connectivity index (χ3v) is 5.08. The van der Waals surface area contributed by atoms with Crippen molar-refractivity contribution in [2.45, 2.75) is 0 Å². The van der Waals surface area contributed by atoms with Crippen molar-refractivity contribution in [3.63, 3.8) is 0 Å². The van der Waals surface area contributed by atoms with Crippen molar-refractivity contribution >= 4 is 56.0 Å². The quantitative estimate of drug-likeness (QED) is 0.390. The summed E-state index contributed by atoms with van der Waals surface area (Å²) in [6.45, 7) is 0. The zero-order valence-electron chi connectivity index (χ0n) is 14.4. The number of carbonyl (C=O) groups is 1. The second-order valence-electron chi connectivity index (χ2n) is 6.42. The Morgan fingerprint density at radius 2 is 1.64 bits per heavy atom. The van der Waals surface area contributed by atoms with Crippen molar-refractivity contribution in [1.29, 1.82) is 0 Å². The lowest BCUT2D eigenvalue weighted by molar-refractivity contribution is 0.102. The SMILES string of the molecule is O=C(Nc1n[nH]c2c(Cl)cccc12)c1cccc2c(=O)c3ccccc3[nH]c12. The van der Waals surface area contributed by atoms with Gasteiger partial charge in [-0.05, 0) is 36.4 Å². The summed E-state index contributed by atoms with van der Waals surface area (Å²) in [5.41, 5.74) is 2.06. The normalized spacial score (nSPS) is 11.3. The molecule has 0 spiro atoms. The molecule has 0 aliphatic carbocycles. The number of pyridine rings is 1. The van der Waals surface area contributed by atoms with Gasteiger partial charge in [-0.2, -0.15) is 5.10 Å². The number of hydrogen-bond donors (Lipinski definition) is 3. The first-order valence-corrected chi connectivity index (χ1v) is 8.99. The van der Waals surface area contributed by atoms with Gasteiger partial charge in [-0.25, -0.2) is 0 Å². The van der Waals surface area contributed by atoms with Gasteiger partial charge < -0.3 is 10.3 Å². The van der Waals surface area contributed by atoms with Crippen LogP contribution in [0, 0.1) is 0 Å². The molecular weight excluding hydrogens is 376 g/mol. The van der Waals surface area contributed by atoms with E-state index in [0.717, 1.165) is 0 Å². The number of aromatic nitrogens is 3. The van der Waals surface area contributed by atoms with Gasteiger partial charge in [0.2, 0.25) is 0 Å². The largest absolute Gasteiger partial charge is 0.354 e. The number of benzene rings is 3. The summed E-state index contributed by atoms with van der Waals surface area (Å²) in [4.78, 5) is 29.0. The third kappa shape index (κ3) is 2.46. The molecule has 6 nitrogen and oxygen atoms in total. The summed E-state index contributed by atoms with van der Waals surface area (Å²) in [5.74, 6) is 0.00699. The van der Waals surface area contributed by atoms with Gasteiger partial charge in [0.25, 0.3) is 5.91 Å². The number of hydrogen-bond acceptors (Lipinski definition) is 3. The van der Waals surface area contributed by atoms with Crippen molar-refractivity contribution in [2.24, 2.45) is 0 Å². The topological polar surface area (TPSA) is 90.6 Å². The molecule has 0 radical (unpaired) electrons. The molecule has 0 bridgehead atoms. The Morgan fingerprint density at radius 1 is 0.893 bits per heavy atom. The van der Waals surface area contributed by atoms with E-state index in [2.05, 4.69) is 20.5 Å². The van der Waals surface area contributed by atoms with Gasteiger partial charge in [-0.15, -0.1) is 0 Å². The number of fused-ring (bicyclic) bond motifs is 3. The van der Waals surface area contributed by atoms with E-state index in [0.29, 0.717) is 49.1 Å². The number of H-pyrrole nitrogens is 2. The van der Waals surface area contributed by atoms with E-state index in [9.17, 15) is 9.59 Å². The van der Waals surface area contributed by atoms with Crippen LogP contribution in [0.2, 0.25) is 5.02 Å². The van der Waals surface area contributed by atoms with Crippen LogP contribution >= 0.6 is 11.6 Å². The lowest BCUT2D eigenvalue weighted by Crippen LogP contribution is -2.15. The van der Waals surface area contributed by atoms with E-state index in [4.69, 9.17) is 11.6 Å². The molecule has 0 fully saturated rings. The molecule has 0 saturated heterocycles. The van der Waals surface area contributed by atoms with Crippen LogP contribution in [0.1, 0.15) is 10.4 Å². The maximum atomic E-state index is 13.0. The maximum absolute atomic E-state index is 13.0. The van der Waals surface area contributed by atoms with E-state index >= 15 is 0 Å². The molecule has 3 aromatic carbocycles. The molecule has 5 aromatic rings. The van der Waals surface area contributed by atoms with Crippen molar-refractivity contribution in [2.75, 3.05) is 5.32 Å². The highest BCUT2D eigenvalue weighted by Gasteiger charge is 2.16. The molecule has 7 heteroatoms. The predicted octanol–water partition coefficient (Wildman–Crippen LogP) is 4.46. The number of nitrogens with one attached hydrogen (secondary N) is 3. The number of anilines is 1. The number of amides is 1. The first-order chi connectivity index (χ1) is 13.6. The molecule has 0 aliphatic rings. The molecule has 0 unspecified atom stereocenters. The van der Waals surface area contributed by atoms with Crippen LogP contribution in [0.25, 0.3) is 32.7 Å². The number of aromatic amines is 2. The number of para-hydroxylation sites is 3. The lowest BCUT2D eigenvalue weighted by Gasteiger charge is -2.08. The zero-order valence-corrected chi connectivity index (χ0v) is 15.2. The van der Waals surface area contributed by atoms with Crippen LogP contribution in [-0.2, 0) is 0 Å². The second kappa shape index (κ2) is 6.21. The summed E-state index contributed by atoms with van der Waals surface area (Å²) in [7, 11) is 0. The molecule has 0 aliphatic heterocycles. The molecule has 28 heavy (non-hydrogen) atoms. The average molecular weight is 389 g/mol. The van der Waals surface area contributed by atoms with E-state index in [-0.39, 0.29) is 11.3 Å². The fourth-order valence-electron chi connectivity index (χ4n) is 3.41. The Bertz CT molecular complexity index is 1450. The minimum Gasteiger partial charge on any atom is -0.354 e. The first-order valence-electron chi connectivity index (χ1n) is 8.61. The highest BCUT2D eigenvalue weighted by molar-refractivity contribution is 6.35. The van der Waals surface area contributed by atoms with Gasteiger partial charge in [0, 0.05) is 21.7 Å². The summed E-state index contributed by atoms with van der Waals surface area (Å²) < 4.78 is 0. The minimum atomic E-state index is -0.370. The predicted molar refractivity (Wildman–Crippen MR) is 111 cm³/mol. The summed E-state index contributed by atoms with van der Waals surface area (Å²) in [6.07, 6.45) is 0. The molecule has 0 atom stereocenters. The Balaban J connectivity index is 1.65. The fourth-order valence-corrected chi connectivity index (χ4v) is 3.63. The standard InChI is InChI=1S/C21H13ClN4O2/c22-15-9-4-7-13-18(15)25-26-20(13)24-21(28)14-8-3-6-12-17(14)23-16-10-2-1-5-11(16)19(12)27/h1-10H,(H,23,27)(H2,24,25,26,28). The lowest BCUT2D eigenvalue weighted by atomic mass is 10.1. The molecule has 2 aromatic heterocycles. The van der Waals surface area contributed by atoms with Crippen LogP contribution in [0.3, 0.4) is 0 Å². The molecule has 1 amide bonds. The number of carbonyl (C=O) groups excluding carboxylic acids is 1. The number of nitrogens with zero attached hydrogens (tertiary/aromatic N) is 1. The highest BCUT2D eigenvalue weighted by atomic mass is 35.5. The van der Waals surface area contributed by atoms with Gasteiger partial charge in [0.1, 0.15) is 0 Å². The van der Waals surface area contributed by atoms with Gasteiger partial charge in [-0.1, -0.05) is 35.9 Å². The Morgan fingerprint density at radius 3 is 2.54 bits per heavy atom. The summed E-state index contributed by atoms with van der Waals surface area (Å²) >= 11 is 6.15. The second-order valence-corrected chi connectivity index (χ2v) is 6.82. The summed E-state index contributed by atoms with van der Waals surface area (Å²) in [5, 5.41) is 12.1. The van der Waals surface area contributed by atoms with Crippen molar-refractivity contribution in [1.82, 2.24) is 15.2 Å². The maximum Gasteiger partial charge on any atom is 0.259 e. The van der Waals surface area contributed by atoms with E-state index in [1.807, 2.05) is 24.3 Å². The van der Waals surface area contributed by atoms with Crippen LogP contribution in [0.15, 0.2) is 65.5 Å². The summed E-state index contributed by atoms with van der Waals surface area (Å²) in [6, 6.07) is 17.7. The van der Waals surface area contributed by atoms with Crippen LogP contribution in [-0.4, -0.2) is 21.1 Å². The van der Waals surface area contributed by atoms with Gasteiger partial charge in [-0.3, -0.25) is 14.7 Å². The average Bonchev–Trinajstić information content (AvgIpc) is 3.12. The highest BCUT2D eigenvalue weighted by Crippen LogP contribution is 2.27. The van der Waals surface area contributed by atoms with Crippen molar-refractivity contribution in [3.8, 4) is 0 Å². The number of halogens is 1. The molecule has 3 N–H and O–H groups in total. The Labute approximate surface area is 163 Å². The van der Waals surface area contributed by atoms with Crippen molar-refractivity contribution in [3.05, 3.63) is 81.5 Å². The smallest absolute Gasteiger partial charge is 0.259 e. The molecular formula is C21H13ClN4O2. The molecule has 2 heterocycles. The van der Waals surface area contributed by atoms with Crippen LogP contribution in [0.5, 0.6) is 0 Å². The van der Waals surface area contributed by atoms with Crippen LogP contribution < -0.4 is 10.7 Å². The third-order valence-electron chi connectivity index (χ3n) is 4.77. The first kappa shape index (κ1) is 16.5. The van der Waals surface area contributed by atoms with Gasteiger partial charge >= 0.3 is 0 Å². The van der Waals surface area contributed by atoms with Gasteiger partial charge in [0.15, 0.2) is 11.2 Å². The molecule has 0 saturated carbocycles. The molecule has 136 valence electrons. The van der Waals surface area contributed by atoms with E-state index in [1.165, 1.54) is 0 Å². The van der Waals surface area contributed by atoms with Crippen molar-refractivity contribution < 1.29 is 4.79 Å². The number of rotatable bonds is 2. The van der Waals surface area contributed by atoms with E-state index < -0.39 is 0 Å². The fraction of sp³-hybridized carbons (Fsp3) is 0. The zero-order chi connectivity index (χ0) is 19.3. The Hall–Kier alpha value is -3.64.